The van der Waals surface area contributed by atoms with Crippen molar-refractivity contribution < 1.29 is 19.1 Å². The van der Waals surface area contributed by atoms with Crippen molar-refractivity contribution >= 4 is 12.4 Å². The van der Waals surface area contributed by atoms with Crippen molar-refractivity contribution in [1.82, 2.24) is 0 Å². The van der Waals surface area contributed by atoms with Crippen molar-refractivity contribution in [3.8, 4) is 0 Å². The van der Waals surface area contributed by atoms with Crippen molar-refractivity contribution in [2.24, 2.45) is 0 Å². The number of hydrogen-bond donors (Lipinski definition) is 0. The zero-order chi connectivity index (χ0) is 10.1. The molecule has 4 heteroatoms. The van der Waals surface area contributed by atoms with Gasteiger partial charge in [-0.05, 0) is 12.8 Å². The molecule has 0 aromatic heterocycles. The lowest BCUT2D eigenvalue weighted by atomic mass is 10.3. The Balaban J connectivity index is 3.70. The minimum atomic E-state index is -0.741. The zero-order valence-electron chi connectivity index (χ0n) is 8.12. The number of unbranched alkanes of at least 4 members (excludes halogenated alkanes) is 1. The first-order valence-corrected chi connectivity index (χ1v) is 4.52. The van der Waals surface area contributed by atoms with Crippen LogP contribution in [0.2, 0.25) is 0 Å². The molecule has 0 bridgehead atoms. The molecule has 0 saturated heterocycles. The Bertz CT molecular complexity index is 156. The van der Waals surface area contributed by atoms with Crippen LogP contribution in [-0.2, 0) is 19.1 Å². The van der Waals surface area contributed by atoms with E-state index in [-0.39, 0.29) is 6.47 Å². The van der Waals surface area contributed by atoms with Gasteiger partial charge in [0.25, 0.3) is 6.47 Å². The normalized spacial score (nSPS) is 11.8. The lowest BCUT2D eigenvalue weighted by molar-refractivity contribution is -0.161. The van der Waals surface area contributed by atoms with Crippen LogP contribution in [0.5, 0.6) is 0 Å². The van der Waals surface area contributed by atoms with Gasteiger partial charge in [0.1, 0.15) is 0 Å². The summed E-state index contributed by atoms with van der Waals surface area (Å²) in [4.78, 5) is 21.1. The second-order valence-corrected chi connectivity index (χ2v) is 2.65. The van der Waals surface area contributed by atoms with Crippen LogP contribution in [0.25, 0.3) is 0 Å². The van der Waals surface area contributed by atoms with Gasteiger partial charge in [0.2, 0.25) is 0 Å². The van der Waals surface area contributed by atoms with Crippen molar-refractivity contribution in [1.29, 1.82) is 0 Å². The Kier molecular flexibility index (Phi) is 6.96. The third kappa shape index (κ3) is 5.22. The molecule has 0 aliphatic rings. The molecule has 0 radical (unpaired) electrons. The van der Waals surface area contributed by atoms with Gasteiger partial charge in [-0.1, -0.05) is 20.3 Å². The molecule has 0 fully saturated rings. The van der Waals surface area contributed by atoms with Crippen molar-refractivity contribution in [2.75, 3.05) is 6.61 Å². The molecule has 0 heterocycles. The van der Waals surface area contributed by atoms with E-state index in [0.29, 0.717) is 13.0 Å². The molecule has 0 N–H and O–H groups in total. The molecule has 76 valence electrons. The molecule has 13 heavy (non-hydrogen) atoms. The predicted molar refractivity (Wildman–Crippen MR) is 47.1 cm³/mol. The van der Waals surface area contributed by atoms with E-state index in [1.165, 1.54) is 0 Å². The van der Waals surface area contributed by atoms with Gasteiger partial charge < -0.3 is 9.47 Å². The van der Waals surface area contributed by atoms with Gasteiger partial charge in [-0.3, -0.25) is 4.79 Å². The molecule has 0 aromatic rings. The number of carbonyl (C=O) groups excluding carboxylic acids is 2. The summed E-state index contributed by atoms with van der Waals surface area (Å²) in [5.41, 5.74) is 0. The Hall–Kier alpha value is -1.06. The van der Waals surface area contributed by atoms with Crippen LogP contribution < -0.4 is 0 Å². The topological polar surface area (TPSA) is 52.6 Å². The van der Waals surface area contributed by atoms with E-state index in [0.717, 1.165) is 12.8 Å². The van der Waals surface area contributed by atoms with Crippen LogP contribution in [0.15, 0.2) is 0 Å². The maximum absolute atomic E-state index is 11.1. The number of esters is 1. The largest absolute Gasteiger partial charge is 0.463 e. The summed E-state index contributed by atoms with van der Waals surface area (Å²) in [7, 11) is 0. The third-order valence-corrected chi connectivity index (χ3v) is 1.60. The molecule has 0 saturated carbocycles. The molecule has 0 spiro atoms. The lowest BCUT2D eigenvalue weighted by Crippen LogP contribution is -2.25. The summed E-state index contributed by atoms with van der Waals surface area (Å²) < 4.78 is 9.39. The van der Waals surface area contributed by atoms with E-state index < -0.39 is 12.1 Å². The Morgan fingerprint density at radius 2 is 2.15 bits per heavy atom. The highest BCUT2D eigenvalue weighted by Crippen LogP contribution is 2.00. The maximum atomic E-state index is 11.1. The molecule has 1 unspecified atom stereocenters. The zero-order valence-corrected chi connectivity index (χ0v) is 8.12. The van der Waals surface area contributed by atoms with Crippen LogP contribution in [0.3, 0.4) is 0 Å². The van der Waals surface area contributed by atoms with Gasteiger partial charge in [0.05, 0.1) is 6.61 Å². The van der Waals surface area contributed by atoms with E-state index in [4.69, 9.17) is 4.74 Å². The van der Waals surface area contributed by atoms with Gasteiger partial charge in [-0.15, -0.1) is 0 Å². The first-order valence-electron chi connectivity index (χ1n) is 4.52. The van der Waals surface area contributed by atoms with Crippen molar-refractivity contribution in [2.45, 2.75) is 39.2 Å². The minimum Gasteiger partial charge on any atom is -0.463 e. The van der Waals surface area contributed by atoms with Crippen LogP contribution in [-0.4, -0.2) is 25.2 Å². The smallest absolute Gasteiger partial charge is 0.347 e. The Labute approximate surface area is 78.2 Å². The number of ether oxygens (including phenoxy) is 2. The highest BCUT2D eigenvalue weighted by atomic mass is 16.6. The predicted octanol–water partition coefficient (Wildman–Crippen LogP) is 1.28. The lowest BCUT2D eigenvalue weighted by Gasteiger charge is -2.11. The van der Waals surface area contributed by atoms with Crippen molar-refractivity contribution in [3.05, 3.63) is 0 Å². The van der Waals surface area contributed by atoms with Gasteiger partial charge in [-0.25, -0.2) is 4.79 Å². The van der Waals surface area contributed by atoms with E-state index in [1.807, 2.05) is 6.92 Å². The standard InChI is InChI=1S/C9H16O4/c1-3-5-6-12-9(11)8(4-2)13-7-10/h7-8H,3-6H2,1-2H3. The molecule has 0 rings (SSSR count). The summed E-state index contributed by atoms with van der Waals surface area (Å²) in [6, 6.07) is 0. The first-order chi connectivity index (χ1) is 6.26. The van der Waals surface area contributed by atoms with E-state index in [2.05, 4.69) is 4.74 Å². The maximum Gasteiger partial charge on any atom is 0.347 e. The van der Waals surface area contributed by atoms with E-state index in [9.17, 15) is 9.59 Å². The highest BCUT2D eigenvalue weighted by molar-refractivity contribution is 5.75. The average Bonchev–Trinajstić information content (AvgIpc) is 2.14. The fourth-order valence-electron chi connectivity index (χ4n) is 0.796. The van der Waals surface area contributed by atoms with E-state index >= 15 is 0 Å². The fourth-order valence-corrected chi connectivity index (χ4v) is 0.796. The Morgan fingerprint density at radius 3 is 2.62 bits per heavy atom. The van der Waals surface area contributed by atoms with Gasteiger partial charge in [-0.2, -0.15) is 0 Å². The molecule has 0 amide bonds. The van der Waals surface area contributed by atoms with Gasteiger partial charge >= 0.3 is 5.97 Å². The molecule has 4 nitrogen and oxygen atoms in total. The molecule has 1 atom stereocenters. The number of hydrogen-bond acceptors (Lipinski definition) is 4. The fraction of sp³-hybridized carbons (Fsp3) is 0.778. The molecule has 0 aliphatic carbocycles. The second kappa shape index (κ2) is 7.58. The second-order valence-electron chi connectivity index (χ2n) is 2.65. The summed E-state index contributed by atoms with van der Waals surface area (Å²) in [5.74, 6) is -0.456. The molecule has 0 aromatic carbocycles. The average molecular weight is 188 g/mol. The highest BCUT2D eigenvalue weighted by Gasteiger charge is 2.18. The van der Waals surface area contributed by atoms with Crippen molar-refractivity contribution in [3.63, 3.8) is 0 Å². The summed E-state index contributed by atoms with van der Waals surface area (Å²) in [6.07, 6.45) is 1.51. The minimum absolute atomic E-state index is 0.273. The van der Waals surface area contributed by atoms with Crippen LogP contribution in [0.1, 0.15) is 33.1 Å². The number of rotatable bonds is 7. The van der Waals surface area contributed by atoms with Gasteiger partial charge in [0.15, 0.2) is 6.10 Å². The monoisotopic (exact) mass is 188 g/mol. The van der Waals surface area contributed by atoms with Crippen LogP contribution in [0.4, 0.5) is 0 Å². The molecular weight excluding hydrogens is 172 g/mol. The SMILES string of the molecule is CCCCOC(=O)C(CC)OC=O. The Morgan fingerprint density at radius 1 is 1.46 bits per heavy atom. The third-order valence-electron chi connectivity index (χ3n) is 1.60. The molecular formula is C9H16O4. The summed E-state index contributed by atoms with van der Waals surface area (Å²) in [6.45, 7) is 4.44. The molecule has 0 aliphatic heterocycles. The quantitative estimate of drug-likeness (QED) is 0.343. The van der Waals surface area contributed by atoms with E-state index in [1.54, 1.807) is 6.92 Å². The van der Waals surface area contributed by atoms with Crippen LogP contribution >= 0.6 is 0 Å². The first kappa shape index (κ1) is 11.9. The number of carbonyl (C=O) groups is 2. The summed E-state index contributed by atoms with van der Waals surface area (Å²) >= 11 is 0. The van der Waals surface area contributed by atoms with Gasteiger partial charge in [0, 0.05) is 0 Å². The summed E-state index contributed by atoms with van der Waals surface area (Å²) in [5, 5.41) is 0. The van der Waals surface area contributed by atoms with Crippen LogP contribution in [0, 0.1) is 0 Å².